The highest BCUT2D eigenvalue weighted by Gasteiger charge is 2.27. The van der Waals surface area contributed by atoms with E-state index >= 15 is 0 Å². The maximum atomic E-state index is 12.5. The molecular weight excluding hydrogens is 366 g/mol. The molecule has 0 saturated carbocycles. The Bertz CT molecular complexity index is 1030. The van der Waals surface area contributed by atoms with Gasteiger partial charge in [-0.3, -0.25) is 9.48 Å². The van der Waals surface area contributed by atoms with E-state index in [1.807, 2.05) is 49.3 Å². The van der Waals surface area contributed by atoms with Gasteiger partial charge in [0.2, 0.25) is 5.91 Å². The number of hydrogen-bond acceptors (Lipinski definition) is 6. The van der Waals surface area contributed by atoms with Crippen molar-refractivity contribution in [1.82, 2.24) is 29.6 Å². The fraction of sp³-hybridized carbons (Fsp3) is 0.286. The van der Waals surface area contributed by atoms with E-state index in [1.165, 1.54) is 0 Å². The second-order valence-corrected chi connectivity index (χ2v) is 7.12. The Morgan fingerprint density at radius 1 is 1.28 bits per heavy atom. The summed E-state index contributed by atoms with van der Waals surface area (Å²) >= 11 is 0. The number of nitrogens with zero attached hydrogens (tertiary/aromatic N) is 6. The van der Waals surface area contributed by atoms with Gasteiger partial charge in [0.1, 0.15) is 17.5 Å². The molecule has 29 heavy (non-hydrogen) atoms. The second kappa shape index (κ2) is 8.22. The fourth-order valence-corrected chi connectivity index (χ4v) is 3.43. The Morgan fingerprint density at radius 3 is 2.93 bits per heavy atom. The van der Waals surface area contributed by atoms with Gasteiger partial charge in [-0.05, 0) is 31.6 Å². The summed E-state index contributed by atoms with van der Waals surface area (Å²) in [6, 6.07) is 7.63. The topological polar surface area (TPSA) is 88.8 Å². The lowest BCUT2D eigenvalue weighted by molar-refractivity contribution is -0.124. The summed E-state index contributed by atoms with van der Waals surface area (Å²) in [5.74, 6) is 2.35. The molecule has 8 nitrogen and oxygen atoms in total. The average Bonchev–Trinajstić information content (AvgIpc) is 3.36. The quantitative estimate of drug-likeness (QED) is 0.675. The minimum Gasteiger partial charge on any atom is -0.338 e. The molecule has 0 spiro atoms. The standard InChI is InChI=1S/C21H23N7O/c1-15-24-18(11-20(25-15)26-19-5-3-4-9-22-19)17-8-10-28(14-17)21(29)7-6-16-12-23-27(2)13-16/h3-7,9,11-13,17H,8,10,14H2,1-2H3,(H,22,24,25,26)/b7-6+/t17-/m0/s1. The number of carbonyl (C=O) groups excluding carboxylic acids is 1. The summed E-state index contributed by atoms with van der Waals surface area (Å²) in [5.41, 5.74) is 1.86. The van der Waals surface area contributed by atoms with Crippen LogP contribution in [0.4, 0.5) is 11.6 Å². The Labute approximate surface area is 169 Å². The number of hydrogen-bond donors (Lipinski definition) is 1. The molecule has 0 unspecified atom stereocenters. The summed E-state index contributed by atoms with van der Waals surface area (Å²) in [7, 11) is 1.85. The zero-order chi connectivity index (χ0) is 20.2. The number of likely N-dealkylation sites (tertiary alicyclic amines) is 1. The van der Waals surface area contributed by atoms with Gasteiger partial charge in [-0.15, -0.1) is 0 Å². The maximum Gasteiger partial charge on any atom is 0.246 e. The van der Waals surface area contributed by atoms with Crippen molar-refractivity contribution in [3.05, 3.63) is 66.0 Å². The van der Waals surface area contributed by atoms with Crippen molar-refractivity contribution in [3.63, 3.8) is 0 Å². The second-order valence-electron chi connectivity index (χ2n) is 7.12. The highest BCUT2D eigenvalue weighted by atomic mass is 16.2. The van der Waals surface area contributed by atoms with Crippen LogP contribution in [-0.4, -0.2) is 48.6 Å². The highest BCUT2D eigenvalue weighted by molar-refractivity contribution is 5.91. The molecule has 1 saturated heterocycles. The minimum atomic E-state index is 0.00830. The molecule has 8 heteroatoms. The summed E-state index contributed by atoms with van der Waals surface area (Å²) < 4.78 is 1.71. The van der Waals surface area contributed by atoms with Crippen molar-refractivity contribution in [2.75, 3.05) is 18.4 Å². The Kier molecular flexibility index (Phi) is 5.33. The van der Waals surface area contributed by atoms with Crippen LogP contribution in [0.1, 0.15) is 29.4 Å². The highest BCUT2D eigenvalue weighted by Crippen LogP contribution is 2.28. The average molecular weight is 389 g/mol. The Hall–Kier alpha value is -3.55. The van der Waals surface area contributed by atoms with E-state index in [9.17, 15) is 4.79 Å². The monoisotopic (exact) mass is 389 g/mol. The van der Waals surface area contributed by atoms with Gasteiger partial charge in [0, 0.05) is 56.2 Å². The van der Waals surface area contributed by atoms with Gasteiger partial charge in [-0.2, -0.15) is 5.10 Å². The first-order valence-corrected chi connectivity index (χ1v) is 9.56. The van der Waals surface area contributed by atoms with Crippen molar-refractivity contribution in [3.8, 4) is 0 Å². The van der Waals surface area contributed by atoms with Crippen LogP contribution in [0.25, 0.3) is 6.08 Å². The van der Waals surface area contributed by atoms with E-state index in [0.29, 0.717) is 24.7 Å². The molecule has 0 aliphatic carbocycles. The van der Waals surface area contributed by atoms with Gasteiger partial charge in [0.05, 0.1) is 11.9 Å². The Balaban J connectivity index is 1.43. The van der Waals surface area contributed by atoms with Crippen LogP contribution in [0.15, 0.2) is 48.9 Å². The third kappa shape index (κ3) is 4.66. The van der Waals surface area contributed by atoms with Crippen LogP contribution in [0.2, 0.25) is 0 Å². The summed E-state index contributed by atoms with van der Waals surface area (Å²) in [6.45, 7) is 3.24. The summed E-state index contributed by atoms with van der Waals surface area (Å²) in [4.78, 5) is 27.7. The molecule has 0 bridgehead atoms. The van der Waals surface area contributed by atoms with Crippen LogP contribution < -0.4 is 5.32 Å². The molecule has 1 fully saturated rings. The van der Waals surface area contributed by atoms with Crippen molar-refractivity contribution in [2.24, 2.45) is 7.05 Å². The van der Waals surface area contributed by atoms with Gasteiger partial charge in [-0.25, -0.2) is 15.0 Å². The van der Waals surface area contributed by atoms with Crippen molar-refractivity contribution in [1.29, 1.82) is 0 Å². The lowest BCUT2D eigenvalue weighted by Crippen LogP contribution is -2.26. The summed E-state index contributed by atoms with van der Waals surface area (Å²) in [6.07, 6.45) is 9.63. The zero-order valence-electron chi connectivity index (χ0n) is 16.5. The molecule has 3 aromatic heterocycles. The van der Waals surface area contributed by atoms with E-state index in [4.69, 9.17) is 0 Å². The first-order valence-electron chi connectivity index (χ1n) is 9.56. The number of nitrogens with one attached hydrogen (secondary N) is 1. The molecule has 1 aliphatic rings. The van der Waals surface area contributed by atoms with Crippen LogP contribution >= 0.6 is 0 Å². The molecule has 1 N–H and O–H groups in total. The van der Waals surface area contributed by atoms with Gasteiger partial charge in [0.25, 0.3) is 0 Å². The lowest BCUT2D eigenvalue weighted by atomic mass is 10.0. The van der Waals surface area contributed by atoms with Crippen molar-refractivity contribution >= 4 is 23.6 Å². The number of pyridine rings is 1. The fourth-order valence-electron chi connectivity index (χ4n) is 3.43. The van der Waals surface area contributed by atoms with Gasteiger partial charge >= 0.3 is 0 Å². The lowest BCUT2D eigenvalue weighted by Gasteiger charge is -2.15. The molecule has 1 atom stereocenters. The third-order valence-corrected chi connectivity index (χ3v) is 4.84. The Morgan fingerprint density at radius 2 is 2.17 bits per heavy atom. The number of carbonyl (C=O) groups is 1. The van der Waals surface area contributed by atoms with E-state index in [1.54, 1.807) is 29.2 Å². The van der Waals surface area contributed by atoms with Crippen LogP contribution in [0.3, 0.4) is 0 Å². The van der Waals surface area contributed by atoms with Crippen molar-refractivity contribution < 1.29 is 4.79 Å². The molecule has 4 rings (SSSR count). The van der Waals surface area contributed by atoms with Crippen LogP contribution in [0, 0.1) is 6.92 Å². The number of aromatic nitrogens is 5. The first-order chi connectivity index (χ1) is 14.1. The number of aryl methyl sites for hydroxylation is 2. The predicted octanol–water partition coefficient (Wildman–Crippen LogP) is 2.69. The molecule has 4 heterocycles. The van der Waals surface area contributed by atoms with Crippen molar-refractivity contribution in [2.45, 2.75) is 19.3 Å². The molecule has 148 valence electrons. The first kappa shape index (κ1) is 18.8. The molecular formula is C21H23N7O. The predicted molar refractivity (Wildman–Crippen MR) is 110 cm³/mol. The van der Waals surface area contributed by atoms with E-state index in [-0.39, 0.29) is 11.8 Å². The van der Waals surface area contributed by atoms with Crippen LogP contribution in [-0.2, 0) is 11.8 Å². The summed E-state index contributed by atoms with van der Waals surface area (Å²) in [5, 5.41) is 7.33. The molecule has 1 aliphatic heterocycles. The maximum absolute atomic E-state index is 12.5. The van der Waals surface area contributed by atoms with Gasteiger partial charge < -0.3 is 10.2 Å². The normalized spacial score (nSPS) is 16.5. The number of anilines is 2. The van der Waals surface area contributed by atoms with Crippen LogP contribution in [0.5, 0.6) is 0 Å². The molecule has 0 radical (unpaired) electrons. The minimum absolute atomic E-state index is 0.00830. The molecule has 0 aromatic carbocycles. The molecule has 1 amide bonds. The SMILES string of the molecule is Cc1nc(Nc2ccccn2)cc([C@H]2CCN(C(=O)/C=C/c3cnn(C)c3)C2)n1. The zero-order valence-corrected chi connectivity index (χ0v) is 16.5. The third-order valence-electron chi connectivity index (χ3n) is 4.84. The van der Waals surface area contributed by atoms with E-state index in [2.05, 4.69) is 25.4 Å². The van der Waals surface area contributed by atoms with Gasteiger partial charge in [-0.1, -0.05) is 6.07 Å². The molecule has 3 aromatic rings. The number of rotatable bonds is 5. The largest absolute Gasteiger partial charge is 0.338 e. The smallest absolute Gasteiger partial charge is 0.246 e. The van der Waals surface area contributed by atoms with E-state index < -0.39 is 0 Å². The van der Waals surface area contributed by atoms with E-state index in [0.717, 1.165) is 23.5 Å². The number of amides is 1. The van der Waals surface area contributed by atoms with Gasteiger partial charge in [0.15, 0.2) is 0 Å².